The van der Waals surface area contributed by atoms with Gasteiger partial charge in [0.2, 0.25) is 0 Å². The SMILES string of the molecule is COC(=O)C1C(=C=O)Nn2nccc2C1=C=O. The van der Waals surface area contributed by atoms with Gasteiger partial charge in [0.15, 0.2) is 0 Å². The zero-order chi connectivity index (χ0) is 12.4. The number of ether oxygens (including phenoxy) is 1. The Balaban J connectivity index is 2.63. The molecule has 2 heterocycles. The zero-order valence-electron chi connectivity index (χ0n) is 8.76. The monoisotopic (exact) mass is 233 g/mol. The molecule has 86 valence electrons. The van der Waals surface area contributed by atoms with Crippen LogP contribution in [0.2, 0.25) is 0 Å². The summed E-state index contributed by atoms with van der Waals surface area (Å²) in [6.45, 7) is 0. The smallest absolute Gasteiger partial charge is 0.320 e. The van der Waals surface area contributed by atoms with Crippen LogP contribution in [0, 0.1) is 5.92 Å². The molecule has 1 aliphatic heterocycles. The predicted octanol–water partition coefficient (Wildman–Crippen LogP) is -0.840. The lowest BCUT2D eigenvalue weighted by Gasteiger charge is -2.23. The molecule has 0 aliphatic carbocycles. The van der Waals surface area contributed by atoms with E-state index in [9.17, 15) is 14.4 Å². The highest BCUT2D eigenvalue weighted by molar-refractivity contribution is 6.03. The van der Waals surface area contributed by atoms with Gasteiger partial charge in [0.25, 0.3) is 0 Å². The molecule has 0 amide bonds. The fourth-order valence-corrected chi connectivity index (χ4v) is 1.61. The number of hydrogen-bond donors (Lipinski definition) is 1. The van der Waals surface area contributed by atoms with Gasteiger partial charge < -0.3 is 4.74 Å². The van der Waals surface area contributed by atoms with Crippen molar-refractivity contribution in [3.63, 3.8) is 0 Å². The van der Waals surface area contributed by atoms with Gasteiger partial charge in [0.05, 0.1) is 18.9 Å². The van der Waals surface area contributed by atoms with Gasteiger partial charge in [-0.3, -0.25) is 10.2 Å². The van der Waals surface area contributed by atoms with Gasteiger partial charge in [-0.15, -0.1) is 0 Å². The maximum atomic E-state index is 11.5. The summed E-state index contributed by atoms with van der Waals surface area (Å²) < 4.78 is 4.54. The number of carbonyl (C=O) groups is 1. The van der Waals surface area contributed by atoms with E-state index >= 15 is 0 Å². The van der Waals surface area contributed by atoms with Gasteiger partial charge >= 0.3 is 5.97 Å². The molecule has 1 aromatic rings. The van der Waals surface area contributed by atoms with Crippen molar-refractivity contribution < 1.29 is 19.1 Å². The molecular weight excluding hydrogens is 226 g/mol. The molecule has 2 rings (SSSR count). The minimum absolute atomic E-state index is 0.00792. The van der Waals surface area contributed by atoms with E-state index in [1.54, 1.807) is 11.9 Å². The van der Waals surface area contributed by atoms with Crippen molar-refractivity contribution in [3.05, 3.63) is 23.7 Å². The van der Waals surface area contributed by atoms with Crippen LogP contribution in [0.1, 0.15) is 5.69 Å². The van der Waals surface area contributed by atoms with Crippen LogP contribution in [0.25, 0.3) is 5.57 Å². The molecule has 0 saturated heterocycles. The molecule has 1 atom stereocenters. The number of methoxy groups -OCH3 is 1. The van der Waals surface area contributed by atoms with E-state index in [-0.39, 0.29) is 11.3 Å². The van der Waals surface area contributed by atoms with Crippen molar-refractivity contribution >= 4 is 23.4 Å². The number of rotatable bonds is 1. The van der Waals surface area contributed by atoms with Crippen molar-refractivity contribution in [1.29, 1.82) is 0 Å². The van der Waals surface area contributed by atoms with Gasteiger partial charge in [-0.25, -0.2) is 9.59 Å². The first kappa shape index (κ1) is 10.9. The maximum absolute atomic E-state index is 11.5. The molecule has 7 nitrogen and oxygen atoms in total. The third-order valence-corrected chi connectivity index (χ3v) is 2.38. The number of fused-ring (bicyclic) bond motifs is 1. The van der Waals surface area contributed by atoms with Gasteiger partial charge in [-0.2, -0.15) is 9.89 Å². The number of nitrogens with zero attached hydrogens (tertiary/aromatic N) is 2. The summed E-state index contributed by atoms with van der Waals surface area (Å²) in [4.78, 5) is 34.4. The van der Waals surface area contributed by atoms with E-state index in [1.165, 1.54) is 24.2 Å². The molecular formula is C10H7N3O4. The normalized spacial score (nSPS) is 17.6. The first-order chi connectivity index (χ1) is 8.22. The molecule has 0 fully saturated rings. The Morgan fingerprint density at radius 1 is 1.53 bits per heavy atom. The van der Waals surface area contributed by atoms with Gasteiger partial charge in [0, 0.05) is 0 Å². The summed E-state index contributed by atoms with van der Waals surface area (Å²) in [5.41, 5.74) is 2.77. The lowest BCUT2D eigenvalue weighted by Crippen LogP contribution is -2.35. The lowest BCUT2D eigenvalue weighted by molar-refractivity contribution is -0.142. The number of carbonyl (C=O) groups excluding carboxylic acids is 3. The first-order valence-corrected chi connectivity index (χ1v) is 4.62. The van der Waals surface area contributed by atoms with Crippen LogP contribution in [-0.4, -0.2) is 34.9 Å². The first-order valence-electron chi connectivity index (χ1n) is 4.62. The Morgan fingerprint density at radius 3 is 2.88 bits per heavy atom. The van der Waals surface area contributed by atoms with Crippen molar-refractivity contribution in [2.75, 3.05) is 12.5 Å². The summed E-state index contributed by atoms with van der Waals surface area (Å²) in [5.74, 6) is 1.33. The second kappa shape index (κ2) is 4.09. The van der Waals surface area contributed by atoms with Crippen molar-refractivity contribution in [2.45, 2.75) is 0 Å². The summed E-state index contributed by atoms with van der Waals surface area (Å²) in [6.07, 6.45) is 1.42. The Labute approximate surface area is 95.3 Å². The molecule has 0 saturated carbocycles. The molecule has 1 aliphatic rings. The largest absolute Gasteiger partial charge is 0.468 e. The molecule has 1 aromatic heterocycles. The molecule has 1 N–H and O–H groups in total. The Morgan fingerprint density at radius 2 is 2.29 bits per heavy atom. The van der Waals surface area contributed by atoms with E-state index in [2.05, 4.69) is 15.3 Å². The van der Waals surface area contributed by atoms with E-state index in [1.807, 2.05) is 0 Å². The molecule has 0 radical (unpaired) electrons. The summed E-state index contributed by atoms with van der Waals surface area (Å²) in [7, 11) is 1.17. The van der Waals surface area contributed by atoms with Crippen LogP contribution < -0.4 is 5.43 Å². The Kier molecular flexibility index (Phi) is 2.62. The highest BCUT2D eigenvalue weighted by atomic mass is 16.5. The standard InChI is InChI=1S/C10H7N3O4/c1-17-10(16)9-6(4-14)8-2-3-11-13(8)12-7(9)5-15/h2-3,9,12H,1H3. The fourth-order valence-electron chi connectivity index (χ4n) is 1.61. The summed E-state index contributed by atoms with van der Waals surface area (Å²) in [6, 6.07) is 1.52. The van der Waals surface area contributed by atoms with Crippen molar-refractivity contribution in [3.8, 4) is 0 Å². The zero-order valence-corrected chi connectivity index (χ0v) is 8.76. The third-order valence-electron chi connectivity index (χ3n) is 2.38. The Hall–Kier alpha value is -2.62. The number of esters is 1. The van der Waals surface area contributed by atoms with Crippen LogP contribution in [-0.2, 0) is 19.1 Å². The molecule has 0 bridgehead atoms. The van der Waals surface area contributed by atoms with Crippen LogP contribution in [0.3, 0.4) is 0 Å². The molecule has 17 heavy (non-hydrogen) atoms. The highest BCUT2D eigenvalue weighted by Gasteiger charge is 2.37. The minimum Gasteiger partial charge on any atom is -0.468 e. The van der Waals surface area contributed by atoms with Crippen LogP contribution in [0.15, 0.2) is 18.0 Å². The van der Waals surface area contributed by atoms with Crippen molar-refractivity contribution in [1.82, 2.24) is 9.89 Å². The molecule has 0 spiro atoms. The van der Waals surface area contributed by atoms with Crippen LogP contribution in [0.4, 0.5) is 0 Å². The second-order valence-corrected chi connectivity index (χ2v) is 3.23. The van der Waals surface area contributed by atoms with Crippen LogP contribution >= 0.6 is 0 Å². The molecule has 7 heteroatoms. The average molecular weight is 233 g/mol. The van der Waals surface area contributed by atoms with E-state index in [0.29, 0.717) is 5.69 Å². The topological polar surface area (TPSA) is 90.3 Å². The minimum atomic E-state index is -1.14. The summed E-state index contributed by atoms with van der Waals surface area (Å²) >= 11 is 0. The average Bonchev–Trinajstić information content (AvgIpc) is 2.83. The Bertz CT molecular complexity index is 576. The van der Waals surface area contributed by atoms with Crippen LogP contribution in [0.5, 0.6) is 0 Å². The molecule has 1 unspecified atom stereocenters. The maximum Gasteiger partial charge on any atom is 0.320 e. The van der Waals surface area contributed by atoms with E-state index in [4.69, 9.17) is 0 Å². The number of hydrogen-bond acceptors (Lipinski definition) is 6. The lowest BCUT2D eigenvalue weighted by atomic mass is 9.93. The van der Waals surface area contributed by atoms with Gasteiger partial charge in [-0.1, -0.05) is 0 Å². The quantitative estimate of drug-likeness (QED) is 0.502. The van der Waals surface area contributed by atoms with Crippen molar-refractivity contribution in [2.24, 2.45) is 5.92 Å². The highest BCUT2D eigenvalue weighted by Crippen LogP contribution is 2.29. The summed E-state index contributed by atoms with van der Waals surface area (Å²) in [5, 5.41) is 3.83. The fraction of sp³-hybridized carbons (Fsp3) is 0.200. The van der Waals surface area contributed by atoms with Gasteiger partial charge in [-0.05, 0) is 6.07 Å². The second-order valence-electron chi connectivity index (χ2n) is 3.23. The molecule has 0 aromatic carbocycles. The number of nitrogens with one attached hydrogen (secondary N) is 1. The van der Waals surface area contributed by atoms with E-state index < -0.39 is 11.9 Å². The van der Waals surface area contributed by atoms with Gasteiger partial charge in [0.1, 0.15) is 29.2 Å². The predicted molar refractivity (Wildman–Crippen MR) is 55.4 cm³/mol. The van der Waals surface area contributed by atoms with E-state index in [0.717, 1.165) is 0 Å². The third kappa shape index (κ3) is 1.56. The number of aromatic nitrogens is 2.